The largest absolute Gasteiger partial charge is 0.386 e. The van der Waals surface area contributed by atoms with E-state index in [1.165, 1.54) is 0 Å². The molecule has 1 aromatic heterocycles. The maximum Gasteiger partial charge on any atom is 0.313 e. The van der Waals surface area contributed by atoms with Gasteiger partial charge in [0.1, 0.15) is 0 Å². The highest BCUT2D eigenvalue weighted by molar-refractivity contribution is 6.39. The second kappa shape index (κ2) is 7.63. The van der Waals surface area contributed by atoms with Crippen LogP contribution in [0.3, 0.4) is 0 Å². The quantitative estimate of drug-likeness (QED) is 0.622. The van der Waals surface area contributed by atoms with Crippen LogP contribution in [0, 0.1) is 13.8 Å². The number of carbonyl (C=O) groups excluding carboxylic acids is 2. The van der Waals surface area contributed by atoms with E-state index in [9.17, 15) is 14.7 Å². The van der Waals surface area contributed by atoms with Crippen molar-refractivity contribution in [3.8, 4) is 0 Å². The molecule has 0 aliphatic carbocycles. The number of carbonyl (C=O) groups is 2. The molecule has 1 heterocycles. The van der Waals surface area contributed by atoms with Crippen LogP contribution in [0.25, 0.3) is 10.9 Å². The molecule has 1 atom stereocenters. The van der Waals surface area contributed by atoms with Crippen LogP contribution >= 0.6 is 0 Å². The predicted molar refractivity (Wildman–Crippen MR) is 105 cm³/mol. The summed E-state index contributed by atoms with van der Waals surface area (Å²) in [5, 5.41) is 16.5. The number of benzene rings is 2. The van der Waals surface area contributed by atoms with Gasteiger partial charge in [-0.2, -0.15) is 0 Å². The van der Waals surface area contributed by atoms with Crippen LogP contribution in [0.4, 0.5) is 5.69 Å². The minimum absolute atomic E-state index is 0.0486. The molecule has 0 fully saturated rings. The third-order valence-corrected chi connectivity index (χ3v) is 4.59. The molecule has 3 rings (SSSR count). The summed E-state index contributed by atoms with van der Waals surface area (Å²) in [5.41, 5.74) is 4.17. The third-order valence-electron chi connectivity index (χ3n) is 4.59. The molecule has 0 bridgehead atoms. The van der Waals surface area contributed by atoms with Gasteiger partial charge in [0.25, 0.3) is 0 Å². The second-order valence-corrected chi connectivity index (χ2v) is 6.71. The van der Waals surface area contributed by atoms with Crippen LogP contribution in [0.1, 0.15) is 22.8 Å². The van der Waals surface area contributed by atoms with Gasteiger partial charge in [0.15, 0.2) is 0 Å². The topological polar surface area (TPSA) is 83.4 Å². The van der Waals surface area contributed by atoms with Gasteiger partial charge in [-0.25, -0.2) is 0 Å². The van der Waals surface area contributed by atoms with Crippen LogP contribution in [0.15, 0.2) is 48.7 Å². The van der Waals surface area contributed by atoms with E-state index in [1.54, 1.807) is 0 Å². The SMILES string of the molecule is Cc1ccc(C)c(NC(=O)C(=O)NCC(O)c2cn(C)c3ccccc23)c1. The Bertz CT molecular complexity index is 1010. The standard InChI is InChI=1S/C21H23N3O3/c1-13-8-9-14(2)17(10-13)23-21(27)20(26)22-11-19(25)16-12-24(3)18-7-5-4-6-15(16)18/h4-10,12,19,25H,11H2,1-3H3,(H,22,26)(H,23,27). The summed E-state index contributed by atoms with van der Waals surface area (Å²) in [7, 11) is 1.90. The van der Waals surface area contributed by atoms with Gasteiger partial charge >= 0.3 is 11.8 Å². The fourth-order valence-electron chi connectivity index (χ4n) is 3.07. The number of nitrogens with zero attached hydrogens (tertiary/aromatic N) is 1. The average Bonchev–Trinajstić information content (AvgIpc) is 2.99. The Hall–Kier alpha value is -3.12. The van der Waals surface area contributed by atoms with Crippen molar-refractivity contribution in [3.05, 3.63) is 65.4 Å². The molecular formula is C21H23N3O3. The van der Waals surface area contributed by atoms with Gasteiger partial charge in [-0.3, -0.25) is 9.59 Å². The Morgan fingerprint density at radius 2 is 1.85 bits per heavy atom. The van der Waals surface area contributed by atoms with Crippen molar-refractivity contribution in [2.24, 2.45) is 7.05 Å². The number of aromatic nitrogens is 1. The number of hydrogen-bond acceptors (Lipinski definition) is 3. The third kappa shape index (κ3) is 4.01. The number of amides is 2. The molecule has 3 aromatic rings. The summed E-state index contributed by atoms with van der Waals surface area (Å²) >= 11 is 0. The molecule has 2 amide bonds. The Morgan fingerprint density at radius 1 is 1.11 bits per heavy atom. The molecule has 27 heavy (non-hydrogen) atoms. The van der Waals surface area contributed by atoms with Gasteiger partial charge in [-0.05, 0) is 37.1 Å². The summed E-state index contributed by atoms with van der Waals surface area (Å²) in [6.07, 6.45) is 0.922. The van der Waals surface area contributed by atoms with E-state index in [2.05, 4.69) is 10.6 Å². The number of aliphatic hydroxyl groups is 1. The summed E-state index contributed by atoms with van der Waals surface area (Å²) < 4.78 is 1.92. The number of aryl methyl sites for hydroxylation is 3. The first-order valence-electron chi connectivity index (χ1n) is 8.75. The van der Waals surface area contributed by atoms with E-state index in [4.69, 9.17) is 0 Å². The zero-order valence-electron chi connectivity index (χ0n) is 15.6. The van der Waals surface area contributed by atoms with Crippen molar-refractivity contribution in [1.29, 1.82) is 0 Å². The molecular weight excluding hydrogens is 342 g/mol. The van der Waals surface area contributed by atoms with Crippen molar-refractivity contribution in [2.75, 3.05) is 11.9 Å². The Labute approximate surface area is 157 Å². The van der Waals surface area contributed by atoms with Crippen LogP contribution in [0.5, 0.6) is 0 Å². The van der Waals surface area contributed by atoms with E-state index >= 15 is 0 Å². The highest BCUT2D eigenvalue weighted by Gasteiger charge is 2.19. The van der Waals surface area contributed by atoms with Gasteiger partial charge in [0.05, 0.1) is 6.10 Å². The molecule has 1 unspecified atom stereocenters. The predicted octanol–water partition coefficient (Wildman–Crippen LogP) is 2.58. The number of hydrogen-bond donors (Lipinski definition) is 3. The minimum atomic E-state index is -0.909. The zero-order valence-corrected chi connectivity index (χ0v) is 15.6. The van der Waals surface area contributed by atoms with Crippen LogP contribution in [-0.4, -0.2) is 28.0 Å². The maximum absolute atomic E-state index is 12.1. The summed E-state index contributed by atoms with van der Waals surface area (Å²) in [6.45, 7) is 3.72. The molecule has 0 aliphatic rings. The summed E-state index contributed by atoms with van der Waals surface area (Å²) in [5.74, 6) is -1.54. The lowest BCUT2D eigenvalue weighted by atomic mass is 10.1. The van der Waals surface area contributed by atoms with Gasteiger partial charge in [0, 0.05) is 41.9 Å². The molecule has 3 N–H and O–H groups in total. The van der Waals surface area contributed by atoms with Crippen molar-refractivity contribution >= 4 is 28.4 Å². The molecule has 0 spiro atoms. The van der Waals surface area contributed by atoms with Crippen LogP contribution in [0.2, 0.25) is 0 Å². The Kier molecular flexibility index (Phi) is 5.28. The number of para-hydroxylation sites is 1. The van der Waals surface area contributed by atoms with Gasteiger partial charge in [-0.15, -0.1) is 0 Å². The summed E-state index contributed by atoms with van der Waals surface area (Å²) in [4.78, 5) is 24.2. The highest BCUT2D eigenvalue weighted by atomic mass is 16.3. The number of fused-ring (bicyclic) bond motifs is 1. The normalized spacial score (nSPS) is 12.0. The molecule has 0 aliphatic heterocycles. The number of rotatable bonds is 4. The van der Waals surface area contributed by atoms with Crippen molar-refractivity contribution in [3.63, 3.8) is 0 Å². The number of nitrogens with one attached hydrogen (secondary N) is 2. The molecule has 0 radical (unpaired) electrons. The first-order chi connectivity index (χ1) is 12.9. The molecule has 6 nitrogen and oxygen atoms in total. The minimum Gasteiger partial charge on any atom is -0.386 e. The molecule has 0 saturated heterocycles. The van der Waals surface area contributed by atoms with E-state index < -0.39 is 17.9 Å². The lowest BCUT2D eigenvalue weighted by molar-refractivity contribution is -0.136. The summed E-state index contributed by atoms with van der Waals surface area (Å²) in [6, 6.07) is 13.3. The van der Waals surface area contributed by atoms with Crippen molar-refractivity contribution in [1.82, 2.24) is 9.88 Å². The number of aliphatic hydroxyl groups excluding tert-OH is 1. The first kappa shape index (κ1) is 18.7. The van der Waals surface area contributed by atoms with Crippen molar-refractivity contribution < 1.29 is 14.7 Å². The Balaban J connectivity index is 1.64. The molecule has 6 heteroatoms. The first-order valence-corrected chi connectivity index (χ1v) is 8.75. The van der Waals surface area contributed by atoms with Crippen LogP contribution < -0.4 is 10.6 Å². The fraction of sp³-hybridized carbons (Fsp3) is 0.238. The zero-order chi connectivity index (χ0) is 19.6. The van der Waals surface area contributed by atoms with E-state index in [1.807, 2.05) is 74.1 Å². The number of anilines is 1. The van der Waals surface area contributed by atoms with Gasteiger partial charge in [0.2, 0.25) is 0 Å². The monoisotopic (exact) mass is 365 g/mol. The van der Waals surface area contributed by atoms with Gasteiger partial charge < -0.3 is 20.3 Å². The molecule has 0 saturated carbocycles. The fourth-order valence-corrected chi connectivity index (χ4v) is 3.07. The van der Waals surface area contributed by atoms with Gasteiger partial charge in [-0.1, -0.05) is 30.3 Å². The van der Waals surface area contributed by atoms with E-state index in [0.717, 1.165) is 22.0 Å². The van der Waals surface area contributed by atoms with Crippen molar-refractivity contribution in [2.45, 2.75) is 20.0 Å². The maximum atomic E-state index is 12.1. The molecule has 140 valence electrons. The Morgan fingerprint density at radius 3 is 2.63 bits per heavy atom. The van der Waals surface area contributed by atoms with E-state index in [-0.39, 0.29) is 6.54 Å². The average molecular weight is 365 g/mol. The lowest BCUT2D eigenvalue weighted by Crippen LogP contribution is -2.37. The second-order valence-electron chi connectivity index (χ2n) is 6.71. The highest BCUT2D eigenvalue weighted by Crippen LogP contribution is 2.25. The lowest BCUT2D eigenvalue weighted by Gasteiger charge is -2.12. The van der Waals surface area contributed by atoms with E-state index in [0.29, 0.717) is 11.3 Å². The smallest absolute Gasteiger partial charge is 0.313 e. The molecule has 2 aromatic carbocycles. The van der Waals surface area contributed by atoms with Crippen LogP contribution in [-0.2, 0) is 16.6 Å².